The number of rotatable bonds is 2. The van der Waals surface area contributed by atoms with E-state index < -0.39 is 0 Å². The molecule has 128 valence electrons. The highest BCUT2D eigenvalue weighted by Gasteiger charge is 2.14. The molecule has 2 heterocycles. The van der Waals surface area contributed by atoms with E-state index >= 15 is 0 Å². The van der Waals surface area contributed by atoms with Gasteiger partial charge in [0.2, 0.25) is 0 Å². The molecule has 0 fully saturated rings. The molecule has 1 aliphatic carbocycles. The Labute approximate surface area is 157 Å². The molecule has 1 N–H and O–H groups in total. The van der Waals surface area contributed by atoms with E-state index in [4.69, 9.17) is 11.6 Å². The second-order valence-corrected chi connectivity index (χ2v) is 6.62. The SMILES string of the molecule is Cn1c(O)cc2nc(C3=CCC#CC(c4ccccc4)C=C3)c(Cl)cc21. The van der Waals surface area contributed by atoms with Gasteiger partial charge in [-0.2, -0.15) is 0 Å². The Hall–Kier alpha value is -2.96. The molecule has 0 saturated carbocycles. The zero-order chi connectivity index (χ0) is 18.1. The normalized spacial score (nSPS) is 16.5. The molecule has 3 aromatic rings. The van der Waals surface area contributed by atoms with Crippen LogP contribution in [0.5, 0.6) is 5.88 Å². The van der Waals surface area contributed by atoms with Gasteiger partial charge in [0, 0.05) is 19.5 Å². The number of halogens is 1. The Balaban J connectivity index is 1.75. The van der Waals surface area contributed by atoms with E-state index in [2.05, 4.69) is 35.0 Å². The van der Waals surface area contributed by atoms with Gasteiger partial charge in [-0.05, 0) is 17.2 Å². The molecule has 1 atom stereocenters. The molecule has 0 spiro atoms. The van der Waals surface area contributed by atoms with Gasteiger partial charge < -0.3 is 9.67 Å². The number of allylic oxidation sites excluding steroid dienone is 4. The standard InChI is InChI=1S/C22H17ClN2O/c1-25-20-13-18(23)22(24-19(20)14-21(25)26)17-10-6-5-9-16(11-12-17)15-7-3-2-4-8-15/h2-4,7-8,10-14,16,26H,6H2,1H3. The largest absolute Gasteiger partial charge is 0.494 e. The van der Waals surface area contributed by atoms with Crippen LogP contribution >= 0.6 is 11.6 Å². The van der Waals surface area contributed by atoms with Crippen LogP contribution in [0.2, 0.25) is 5.02 Å². The number of aromatic nitrogens is 2. The topological polar surface area (TPSA) is 38.0 Å². The highest BCUT2D eigenvalue weighted by molar-refractivity contribution is 6.33. The molecule has 1 unspecified atom stereocenters. The summed E-state index contributed by atoms with van der Waals surface area (Å²) in [6.07, 6.45) is 6.79. The van der Waals surface area contributed by atoms with Gasteiger partial charge in [0.25, 0.3) is 0 Å². The van der Waals surface area contributed by atoms with Gasteiger partial charge >= 0.3 is 0 Å². The number of aryl methyl sites for hydroxylation is 1. The van der Waals surface area contributed by atoms with Crippen LogP contribution < -0.4 is 0 Å². The number of fused-ring (bicyclic) bond motifs is 1. The molecule has 4 rings (SSSR count). The zero-order valence-electron chi connectivity index (χ0n) is 14.3. The minimum absolute atomic E-state index is 0.0446. The molecule has 26 heavy (non-hydrogen) atoms. The molecule has 0 amide bonds. The predicted molar refractivity (Wildman–Crippen MR) is 106 cm³/mol. The second-order valence-electron chi connectivity index (χ2n) is 6.22. The van der Waals surface area contributed by atoms with E-state index in [-0.39, 0.29) is 11.8 Å². The number of aromatic hydroxyl groups is 1. The Kier molecular flexibility index (Phi) is 4.28. The van der Waals surface area contributed by atoms with Crippen molar-refractivity contribution in [3.8, 4) is 17.7 Å². The smallest absolute Gasteiger partial charge is 0.193 e. The first-order valence-corrected chi connectivity index (χ1v) is 8.78. The number of hydrogen-bond donors (Lipinski definition) is 1. The van der Waals surface area contributed by atoms with E-state index in [0.717, 1.165) is 11.1 Å². The number of benzene rings is 1. The third-order valence-electron chi connectivity index (χ3n) is 4.54. The van der Waals surface area contributed by atoms with Crippen molar-refractivity contribution in [2.75, 3.05) is 0 Å². The fourth-order valence-electron chi connectivity index (χ4n) is 3.09. The lowest BCUT2D eigenvalue weighted by atomic mass is 9.96. The summed E-state index contributed by atoms with van der Waals surface area (Å²) < 4.78 is 1.66. The molecule has 0 aliphatic heterocycles. The zero-order valence-corrected chi connectivity index (χ0v) is 15.0. The van der Waals surface area contributed by atoms with Crippen LogP contribution in [0.15, 0.2) is 60.7 Å². The first kappa shape index (κ1) is 16.5. The van der Waals surface area contributed by atoms with Crippen molar-refractivity contribution < 1.29 is 5.11 Å². The molecule has 3 nitrogen and oxygen atoms in total. The number of hydrogen-bond acceptors (Lipinski definition) is 2. The van der Waals surface area contributed by atoms with Gasteiger partial charge in [-0.15, -0.1) is 0 Å². The van der Waals surface area contributed by atoms with Crippen molar-refractivity contribution >= 4 is 28.2 Å². The van der Waals surface area contributed by atoms with Crippen molar-refractivity contribution in [1.29, 1.82) is 0 Å². The van der Waals surface area contributed by atoms with Crippen LogP contribution in [0.3, 0.4) is 0 Å². The highest BCUT2D eigenvalue weighted by Crippen LogP contribution is 2.31. The van der Waals surface area contributed by atoms with Crippen LogP contribution in [0.4, 0.5) is 0 Å². The van der Waals surface area contributed by atoms with Crippen LogP contribution in [0, 0.1) is 11.8 Å². The minimum atomic E-state index is 0.0446. The third kappa shape index (κ3) is 3.00. The summed E-state index contributed by atoms with van der Waals surface area (Å²) in [6, 6.07) is 13.7. The Morgan fingerprint density at radius 3 is 2.85 bits per heavy atom. The molecule has 1 aliphatic rings. The summed E-state index contributed by atoms with van der Waals surface area (Å²) in [5.41, 5.74) is 4.33. The lowest BCUT2D eigenvalue weighted by molar-refractivity contribution is 0.435. The van der Waals surface area contributed by atoms with Crippen LogP contribution in [0.25, 0.3) is 16.6 Å². The molecule has 2 aromatic heterocycles. The minimum Gasteiger partial charge on any atom is -0.494 e. The molecule has 1 aromatic carbocycles. The van der Waals surface area contributed by atoms with Gasteiger partial charge in [0.05, 0.1) is 27.7 Å². The number of pyridine rings is 1. The Bertz CT molecular complexity index is 1100. The maximum atomic E-state index is 9.91. The van der Waals surface area contributed by atoms with Crippen LogP contribution in [-0.2, 0) is 7.05 Å². The maximum Gasteiger partial charge on any atom is 0.193 e. The molecule has 0 bridgehead atoms. The van der Waals surface area contributed by atoms with Crippen molar-refractivity contribution in [2.45, 2.75) is 12.3 Å². The first-order chi connectivity index (χ1) is 12.6. The summed E-state index contributed by atoms with van der Waals surface area (Å²) in [5.74, 6) is 6.72. The Morgan fingerprint density at radius 2 is 2.04 bits per heavy atom. The Morgan fingerprint density at radius 1 is 1.23 bits per heavy atom. The maximum absolute atomic E-state index is 9.91. The van der Waals surface area contributed by atoms with E-state index in [9.17, 15) is 5.11 Å². The molecular weight excluding hydrogens is 344 g/mol. The van der Waals surface area contributed by atoms with Crippen LogP contribution in [-0.4, -0.2) is 14.7 Å². The van der Waals surface area contributed by atoms with Gasteiger partial charge in [-0.1, -0.05) is 72.0 Å². The monoisotopic (exact) mass is 360 g/mol. The van der Waals surface area contributed by atoms with E-state index in [0.29, 0.717) is 22.7 Å². The van der Waals surface area contributed by atoms with Crippen molar-refractivity contribution in [2.24, 2.45) is 7.05 Å². The fourth-order valence-corrected chi connectivity index (χ4v) is 3.34. The lowest BCUT2D eigenvalue weighted by Crippen LogP contribution is -1.96. The average Bonchev–Trinajstić information content (AvgIpc) is 2.90. The molecule has 4 heteroatoms. The highest BCUT2D eigenvalue weighted by atomic mass is 35.5. The van der Waals surface area contributed by atoms with Crippen LogP contribution in [0.1, 0.15) is 23.6 Å². The summed E-state index contributed by atoms with van der Waals surface area (Å²) in [4.78, 5) is 4.67. The lowest BCUT2D eigenvalue weighted by Gasteiger charge is -2.10. The predicted octanol–water partition coefficient (Wildman–Crippen LogP) is 5.06. The van der Waals surface area contributed by atoms with E-state index in [1.165, 1.54) is 5.56 Å². The summed E-state index contributed by atoms with van der Waals surface area (Å²) in [7, 11) is 1.78. The van der Waals surface area contributed by atoms with Crippen molar-refractivity contribution in [3.05, 3.63) is 77.0 Å². The second kappa shape index (κ2) is 6.74. The molecular formula is C22H17ClN2O. The quantitative estimate of drug-likeness (QED) is 0.648. The fraction of sp³-hybridized carbons (Fsp3) is 0.136. The molecule has 0 radical (unpaired) electrons. The summed E-state index contributed by atoms with van der Waals surface area (Å²) in [6.45, 7) is 0. The first-order valence-electron chi connectivity index (χ1n) is 8.40. The van der Waals surface area contributed by atoms with Gasteiger partial charge in [-0.3, -0.25) is 0 Å². The van der Waals surface area contributed by atoms with E-state index in [1.807, 2.05) is 36.4 Å². The molecule has 0 saturated heterocycles. The van der Waals surface area contributed by atoms with E-state index in [1.54, 1.807) is 17.7 Å². The number of nitrogens with zero attached hydrogens (tertiary/aromatic N) is 2. The van der Waals surface area contributed by atoms with Crippen molar-refractivity contribution in [1.82, 2.24) is 9.55 Å². The van der Waals surface area contributed by atoms with Gasteiger partial charge in [0.1, 0.15) is 0 Å². The van der Waals surface area contributed by atoms with Gasteiger partial charge in [0.15, 0.2) is 5.88 Å². The summed E-state index contributed by atoms with van der Waals surface area (Å²) in [5, 5.41) is 10.5. The third-order valence-corrected chi connectivity index (χ3v) is 4.83. The summed E-state index contributed by atoms with van der Waals surface area (Å²) >= 11 is 6.50. The average molecular weight is 361 g/mol. The van der Waals surface area contributed by atoms with Crippen molar-refractivity contribution in [3.63, 3.8) is 0 Å². The van der Waals surface area contributed by atoms with Gasteiger partial charge in [-0.25, -0.2) is 4.98 Å².